The third-order valence-electron chi connectivity index (χ3n) is 3.68. The van der Waals surface area contributed by atoms with Crippen LogP contribution in [0.5, 0.6) is 5.75 Å². The first-order chi connectivity index (χ1) is 10.7. The second-order valence-electron chi connectivity index (χ2n) is 5.17. The van der Waals surface area contributed by atoms with Crippen molar-refractivity contribution in [2.24, 2.45) is 0 Å². The fourth-order valence-corrected chi connectivity index (χ4v) is 2.66. The molecule has 1 fully saturated rings. The highest BCUT2D eigenvalue weighted by molar-refractivity contribution is 6.36. The van der Waals surface area contributed by atoms with Gasteiger partial charge in [0.25, 0.3) is 11.8 Å². The fraction of sp³-hybridized carbons (Fsp3) is 0.429. The van der Waals surface area contributed by atoms with E-state index in [2.05, 4.69) is 5.32 Å². The molecule has 126 valence electrons. The van der Waals surface area contributed by atoms with Gasteiger partial charge in [-0.05, 0) is 18.6 Å². The molecule has 2 atom stereocenters. The van der Waals surface area contributed by atoms with Crippen molar-refractivity contribution in [3.63, 3.8) is 0 Å². The van der Waals surface area contributed by atoms with Gasteiger partial charge < -0.3 is 20.3 Å². The van der Waals surface area contributed by atoms with Crippen molar-refractivity contribution in [1.29, 1.82) is 0 Å². The molecule has 1 aliphatic rings. The minimum Gasteiger partial charge on any atom is -0.497 e. The van der Waals surface area contributed by atoms with E-state index in [1.807, 2.05) is 0 Å². The lowest BCUT2D eigenvalue weighted by molar-refractivity contribution is -0.0911. The van der Waals surface area contributed by atoms with Crippen LogP contribution in [0.15, 0.2) is 12.1 Å². The maximum absolute atomic E-state index is 13.3. The molecule has 0 spiro atoms. The molecule has 1 saturated carbocycles. The van der Waals surface area contributed by atoms with Crippen molar-refractivity contribution in [1.82, 2.24) is 5.32 Å². The Hall–Kier alpha value is -1.93. The monoisotopic (exact) mass is 349 g/mol. The highest BCUT2D eigenvalue weighted by Crippen LogP contribution is 2.36. The Morgan fingerprint density at radius 1 is 1.39 bits per heavy atom. The van der Waals surface area contributed by atoms with E-state index in [4.69, 9.17) is 21.4 Å². The highest BCUT2D eigenvalue weighted by atomic mass is 35.5. The number of methoxy groups -OCH3 is 1. The van der Waals surface area contributed by atoms with Crippen LogP contribution in [0.4, 0.5) is 8.78 Å². The lowest BCUT2D eigenvalue weighted by atomic mass is 10.1. The number of carbonyl (C=O) groups is 2. The molecule has 2 rings (SSSR count). The quantitative estimate of drug-likeness (QED) is 0.772. The zero-order chi connectivity index (χ0) is 17.4. The Morgan fingerprint density at radius 2 is 2.00 bits per heavy atom. The van der Waals surface area contributed by atoms with Crippen LogP contribution in [0.3, 0.4) is 0 Å². The van der Waals surface area contributed by atoms with Crippen molar-refractivity contribution >= 4 is 23.5 Å². The van der Waals surface area contributed by atoms with Crippen LogP contribution in [-0.2, 0) is 0 Å². The van der Waals surface area contributed by atoms with Gasteiger partial charge in [0, 0.05) is 6.42 Å². The second kappa shape index (κ2) is 6.29. The molecule has 23 heavy (non-hydrogen) atoms. The molecule has 1 aromatic rings. The summed E-state index contributed by atoms with van der Waals surface area (Å²) < 4.78 is 31.5. The number of ether oxygens (including phenoxy) is 1. The van der Waals surface area contributed by atoms with Gasteiger partial charge in [-0.25, -0.2) is 13.6 Å². The number of rotatable bonds is 4. The topological polar surface area (TPSA) is 95.9 Å². The summed E-state index contributed by atoms with van der Waals surface area (Å²) in [4.78, 5) is 23.4. The number of carboxylic acids is 1. The number of aliphatic hydroxyl groups excluding tert-OH is 1. The SMILES string of the molecule is COc1cc(C(=O)O)c(Cl)c(C(=O)N[C@@H]2CCC(F)(F)[C@H]2O)c1. The third kappa shape index (κ3) is 3.37. The molecule has 3 N–H and O–H groups in total. The molecule has 1 aromatic carbocycles. The lowest BCUT2D eigenvalue weighted by Gasteiger charge is -2.20. The van der Waals surface area contributed by atoms with E-state index < -0.39 is 36.4 Å². The van der Waals surface area contributed by atoms with Gasteiger partial charge in [-0.2, -0.15) is 0 Å². The van der Waals surface area contributed by atoms with Gasteiger partial charge in [-0.3, -0.25) is 4.79 Å². The normalized spacial score (nSPS) is 22.7. The number of amides is 1. The van der Waals surface area contributed by atoms with Gasteiger partial charge in [-0.1, -0.05) is 11.6 Å². The zero-order valence-electron chi connectivity index (χ0n) is 12.0. The number of alkyl halides is 2. The summed E-state index contributed by atoms with van der Waals surface area (Å²) in [6.07, 6.45) is -2.66. The summed E-state index contributed by atoms with van der Waals surface area (Å²) in [6.45, 7) is 0. The molecule has 9 heteroatoms. The molecular weight excluding hydrogens is 336 g/mol. The Morgan fingerprint density at radius 3 is 2.48 bits per heavy atom. The van der Waals surface area contributed by atoms with E-state index in [0.717, 1.165) is 6.07 Å². The summed E-state index contributed by atoms with van der Waals surface area (Å²) >= 11 is 5.90. The molecule has 0 saturated heterocycles. The summed E-state index contributed by atoms with van der Waals surface area (Å²) in [5.74, 6) is -5.43. The van der Waals surface area contributed by atoms with Gasteiger partial charge in [-0.15, -0.1) is 0 Å². The van der Waals surface area contributed by atoms with Crippen molar-refractivity contribution in [2.75, 3.05) is 7.11 Å². The van der Waals surface area contributed by atoms with E-state index in [1.165, 1.54) is 13.2 Å². The second-order valence-corrected chi connectivity index (χ2v) is 5.54. The number of aromatic carboxylic acids is 1. The minimum atomic E-state index is -3.28. The molecule has 1 aliphatic carbocycles. The number of hydrogen-bond donors (Lipinski definition) is 3. The molecule has 0 radical (unpaired) electrons. The third-order valence-corrected chi connectivity index (χ3v) is 4.08. The Kier molecular flexibility index (Phi) is 4.76. The molecule has 6 nitrogen and oxygen atoms in total. The van der Waals surface area contributed by atoms with Crippen molar-refractivity contribution in [3.8, 4) is 5.75 Å². The smallest absolute Gasteiger partial charge is 0.337 e. The molecule has 0 aliphatic heterocycles. The van der Waals surface area contributed by atoms with Gasteiger partial charge in [0.05, 0.1) is 29.3 Å². The molecule has 0 heterocycles. The lowest BCUT2D eigenvalue weighted by Crippen LogP contribution is -2.45. The van der Waals surface area contributed by atoms with Crippen molar-refractivity contribution in [3.05, 3.63) is 28.3 Å². The zero-order valence-corrected chi connectivity index (χ0v) is 12.7. The first-order valence-electron chi connectivity index (χ1n) is 6.65. The summed E-state index contributed by atoms with van der Waals surface area (Å²) in [5, 5.41) is 20.5. The molecule has 1 amide bonds. The largest absolute Gasteiger partial charge is 0.497 e. The maximum Gasteiger partial charge on any atom is 0.337 e. The number of carboxylic acid groups (broad SMARTS) is 1. The summed E-state index contributed by atoms with van der Waals surface area (Å²) in [7, 11) is 1.28. The molecule has 0 bridgehead atoms. The Bertz CT molecular complexity index is 652. The standard InChI is InChI=1S/C14H14ClF2NO5/c1-23-6-4-7(10(15)8(5-6)13(21)22)12(20)18-9-2-3-14(16,17)11(9)19/h4-5,9,11,19H,2-3H2,1H3,(H,18,20)(H,21,22)/t9-,11+/m1/s1. The number of aliphatic hydroxyl groups is 1. The number of hydrogen-bond acceptors (Lipinski definition) is 4. The fourth-order valence-electron chi connectivity index (χ4n) is 2.38. The van der Waals surface area contributed by atoms with Crippen LogP contribution in [0.2, 0.25) is 5.02 Å². The first kappa shape index (κ1) is 17.4. The number of halogens is 3. The van der Waals surface area contributed by atoms with E-state index in [0.29, 0.717) is 0 Å². The average molecular weight is 350 g/mol. The highest BCUT2D eigenvalue weighted by Gasteiger charge is 2.49. The summed E-state index contributed by atoms with van der Waals surface area (Å²) in [6, 6.07) is 1.19. The van der Waals surface area contributed by atoms with Gasteiger partial charge in [0.1, 0.15) is 11.9 Å². The van der Waals surface area contributed by atoms with Gasteiger partial charge >= 0.3 is 5.97 Å². The molecular formula is C14H14ClF2NO5. The predicted octanol–water partition coefficient (Wildman–Crippen LogP) is 1.94. The van der Waals surface area contributed by atoms with E-state index >= 15 is 0 Å². The van der Waals surface area contributed by atoms with Gasteiger partial charge in [0.2, 0.25) is 0 Å². The van der Waals surface area contributed by atoms with E-state index in [-0.39, 0.29) is 28.3 Å². The van der Waals surface area contributed by atoms with Crippen LogP contribution < -0.4 is 10.1 Å². The van der Waals surface area contributed by atoms with E-state index in [1.54, 1.807) is 0 Å². The van der Waals surface area contributed by atoms with E-state index in [9.17, 15) is 23.5 Å². The minimum absolute atomic E-state index is 0.0780. The molecule has 0 unspecified atom stereocenters. The number of benzene rings is 1. The number of nitrogens with one attached hydrogen (secondary N) is 1. The van der Waals surface area contributed by atoms with Gasteiger partial charge in [0.15, 0.2) is 0 Å². The van der Waals surface area contributed by atoms with Crippen molar-refractivity contribution < 1.29 is 33.3 Å². The van der Waals surface area contributed by atoms with Crippen molar-refractivity contribution in [2.45, 2.75) is 30.9 Å². The first-order valence-corrected chi connectivity index (χ1v) is 7.02. The summed E-state index contributed by atoms with van der Waals surface area (Å²) in [5.41, 5.74) is -0.584. The van der Waals surface area contributed by atoms with Crippen LogP contribution in [0, 0.1) is 0 Å². The van der Waals surface area contributed by atoms with Crippen LogP contribution in [-0.4, -0.2) is 47.3 Å². The Balaban J connectivity index is 2.29. The molecule has 0 aromatic heterocycles. The number of carbonyl (C=O) groups excluding carboxylic acids is 1. The van der Waals surface area contributed by atoms with Crippen LogP contribution in [0.1, 0.15) is 33.6 Å². The average Bonchev–Trinajstić information content (AvgIpc) is 2.74. The maximum atomic E-state index is 13.3. The van der Waals surface area contributed by atoms with Crippen LogP contribution in [0.25, 0.3) is 0 Å². The predicted molar refractivity (Wildman–Crippen MR) is 76.4 cm³/mol. The van der Waals surface area contributed by atoms with Crippen LogP contribution >= 0.6 is 11.6 Å². The Labute approximate surface area is 135 Å².